The van der Waals surface area contributed by atoms with Gasteiger partial charge < -0.3 is 5.32 Å². The quantitative estimate of drug-likeness (QED) is 0.432. The van der Waals surface area contributed by atoms with Crippen LogP contribution in [0.2, 0.25) is 5.02 Å². The second-order valence-corrected chi connectivity index (χ2v) is 7.75. The first kappa shape index (κ1) is 19.1. The van der Waals surface area contributed by atoms with Gasteiger partial charge in [-0.1, -0.05) is 51.8 Å². The van der Waals surface area contributed by atoms with Gasteiger partial charge in [-0.25, -0.2) is 0 Å². The molecule has 5 nitrogen and oxygen atoms in total. The van der Waals surface area contributed by atoms with Crippen molar-refractivity contribution in [3.8, 4) is 5.69 Å². The van der Waals surface area contributed by atoms with E-state index in [1.807, 2.05) is 36.4 Å². The average Bonchev–Trinajstić information content (AvgIpc) is 3.03. The summed E-state index contributed by atoms with van der Waals surface area (Å²) in [5, 5.41) is 12.9. The molecule has 1 aliphatic rings. The summed E-state index contributed by atoms with van der Waals surface area (Å²) in [5.41, 5.74) is 3.77. The molecule has 28 heavy (non-hydrogen) atoms. The molecule has 2 heterocycles. The average molecular weight is 457 g/mol. The normalized spacial score (nSPS) is 12.7. The summed E-state index contributed by atoms with van der Waals surface area (Å²) in [5.74, 6) is 1.66. The lowest BCUT2D eigenvalue weighted by molar-refractivity contribution is 0.653. The van der Waals surface area contributed by atoms with Crippen molar-refractivity contribution in [1.29, 1.82) is 0 Å². The fraction of sp³-hybridized carbons (Fsp3) is 0.190. The molecule has 0 spiro atoms. The maximum absolute atomic E-state index is 6.48. The van der Waals surface area contributed by atoms with Crippen LogP contribution in [0.4, 0.5) is 0 Å². The Morgan fingerprint density at radius 3 is 2.86 bits per heavy atom. The van der Waals surface area contributed by atoms with E-state index in [0.29, 0.717) is 18.1 Å². The molecule has 1 aromatic heterocycles. The fourth-order valence-corrected chi connectivity index (χ4v) is 3.84. The molecule has 0 saturated carbocycles. The maximum atomic E-state index is 6.48. The summed E-state index contributed by atoms with van der Waals surface area (Å²) in [4.78, 5) is 4.85. The molecule has 0 fully saturated rings. The Balaban J connectivity index is 1.81. The highest BCUT2D eigenvalue weighted by Gasteiger charge is 2.23. The topological polar surface area (TPSA) is 55.1 Å². The van der Waals surface area contributed by atoms with Gasteiger partial charge in [0.1, 0.15) is 6.54 Å². The lowest BCUT2D eigenvalue weighted by atomic mass is 10.0. The third kappa shape index (κ3) is 3.68. The number of hydrogen-bond donors (Lipinski definition) is 1. The molecule has 0 saturated heterocycles. The van der Waals surface area contributed by atoms with Crippen LogP contribution in [0.25, 0.3) is 5.69 Å². The summed E-state index contributed by atoms with van der Waals surface area (Å²) in [7, 11) is 0. The van der Waals surface area contributed by atoms with Crippen molar-refractivity contribution in [2.75, 3.05) is 6.54 Å². The highest BCUT2D eigenvalue weighted by atomic mass is 79.9. The molecule has 2 aromatic carbocycles. The summed E-state index contributed by atoms with van der Waals surface area (Å²) < 4.78 is 3.07. The van der Waals surface area contributed by atoms with Crippen LogP contribution in [-0.4, -0.2) is 27.0 Å². The van der Waals surface area contributed by atoms with Crippen LogP contribution in [-0.2, 0) is 13.1 Å². The number of hydrogen-bond acceptors (Lipinski definition) is 4. The SMILES string of the molecule is C=CCCNCc1nnc2n1-c1cc(Br)ccc1C(c1ccccc1Cl)=NC2. The standard InChI is InChI=1S/C21H19BrClN5/c1-2-3-10-24-12-19-26-27-20-13-25-21(15-6-4-5-7-17(15)23)16-9-8-14(22)11-18(16)28(19)20/h2,4-9,11,24H,1,3,10,12-13H2. The van der Waals surface area contributed by atoms with E-state index in [2.05, 4.69) is 54.7 Å². The number of nitrogens with one attached hydrogen (secondary N) is 1. The minimum Gasteiger partial charge on any atom is -0.310 e. The number of nitrogens with zero attached hydrogens (tertiary/aromatic N) is 4. The van der Waals surface area contributed by atoms with E-state index >= 15 is 0 Å². The van der Waals surface area contributed by atoms with E-state index < -0.39 is 0 Å². The minimum atomic E-state index is 0.437. The zero-order valence-corrected chi connectivity index (χ0v) is 17.5. The van der Waals surface area contributed by atoms with Gasteiger partial charge in [0.15, 0.2) is 11.6 Å². The van der Waals surface area contributed by atoms with Gasteiger partial charge in [-0.2, -0.15) is 0 Å². The molecule has 0 amide bonds. The number of benzene rings is 2. The number of fused-ring (bicyclic) bond motifs is 3. The van der Waals surface area contributed by atoms with E-state index in [1.54, 1.807) is 0 Å². The van der Waals surface area contributed by atoms with Gasteiger partial charge in [-0.15, -0.1) is 16.8 Å². The number of halogens is 2. The van der Waals surface area contributed by atoms with Crippen LogP contribution in [0.3, 0.4) is 0 Å². The van der Waals surface area contributed by atoms with Crippen molar-refractivity contribution in [3.05, 3.63) is 87.4 Å². The largest absolute Gasteiger partial charge is 0.310 e. The second-order valence-electron chi connectivity index (χ2n) is 6.43. The van der Waals surface area contributed by atoms with Crippen molar-refractivity contribution in [1.82, 2.24) is 20.1 Å². The molecule has 0 atom stereocenters. The Hall–Kier alpha value is -2.28. The van der Waals surface area contributed by atoms with Gasteiger partial charge >= 0.3 is 0 Å². The molecule has 4 rings (SSSR count). The van der Waals surface area contributed by atoms with Gasteiger partial charge in [-0.05, 0) is 37.2 Å². The molecule has 0 aliphatic carbocycles. The first-order valence-corrected chi connectivity index (χ1v) is 10.2. The molecule has 0 bridgehead atoms. The van der Waals surface area contributed by atoms with E-state index in [0.717, 1.165) is 51.6 Å². The van der Waals surface area contributed by atoms with Gasteiger partial charge in [0.05, 0.1) is 17.9 Å². The summed E-state index contributed by atoms with van der Waals surface area (Å²) in [6.45, 7) is 5.66. The molecule has 0 radical (unpaired) electrons. The van der Waals surface area contributed by atoms with E-state index in [4.69, 9.17) is 16.6 Å². The van der Waals surface area contributed by atoms with Gasteiger partial charge in [0.2, 0.25) is 0 Å². The lowest BCUT2D eigenvalue weighted by Crippen LogP contribution is -2.18. The minimum absolute atomic E-state index is 0.437. The van der Waals surface area contributed by atoms with Crippen molar-refractivity contribution < 1.29 is 0 Å². The zero-order chi connectivity index (χ0) is 19.5. The van der Waals surface area contributed by atoms with Crippen molar-refractivity contribution >= 4 is 33.2 Å². The molecular weight excluding hydrogens is 438 g/mol. The van der Waals surface area contributed by atoms with E-state index in [1.165, 1.54) is 0 Å². The van der Waals surface area contributed by atoms with Crippen LogP contribution in [0.1, 0.15) is 29.2 Å². The predicted molar refractivity (Wildman–Crippen MR) is 116 cm³/mol. The molecule has 7 heteroatoms. The molecule has 3 aromatic rings. The molecule has 142 valence electrons. The first-order valence-electron chi connectivity index (χ1n) is 9.03. The third-order valence-electron chi connectivity index (χ3n) is 4.57. The van der Waals surface area contributed by atoms with Crippen LogP contribution < -0.4 is 5.32 Å². The van der Waals surface area contributed by atoms with Gasteiger partial charge in [0, 0.05) is 20.6 Å². The van der Waals surface area contributed by atoms with E-state index in [9.17, 15) is 0 Å². The fourth-order valence-electron chi connectivity index (χ4n) is 3.26. The third-order valence-corrected chi connectivity index (χ3v) is 5.39. The van der Waals surface area contributed by atoms with E-state index in [-0.39, 0.29) is 0 Å². The van der Waals surface area contributed by atoms with Crippen molar-refractivity contribution in [2.24, 2.45) is 4.99 Å². The van der Waals surface area contributed by atoms with Gasteiger partial charge in [0.25, 0.3) is 0 Å². The highest BCUT2D eigenvalue weighted by molar-refractivity contribution is 9.10. The smallest absolute Gasteiger partial charge is 0.159 e. The summed E-state index contributed by atoms with van der Waals surface area (Å²) >= 11 is 10.1. The number of aliphatic imine (C=N–C) groups is 1. The van der Waals surface area contributed by atoms with Crippen LogP contribution in [0.5, 0.6) is 0 Å². The van der Waals surface area contributed by atoms with Crippen LogP contribution in [0, 0.1) is 0 Å². The Morgan fingerprint density at radius 1 is 1.18 bits per heavy atom. The highest BCUT2D eigenvalue weighted by Crippen LogP contribution is 2.30. The Labute approximate surface area is 177 Å². The van der Waals surface area contributed by atoms with Gasteiger partial charge in [-0.3, -0.25) is 9.56 Å². The molecular formula is C21H19BrClN5. The number of rotatable bonds is 6. The summed E-state index contributed by atoms with van der Waals surface area (Å²) in [6.07, 6.45) is 2.80. The summed E-state index contributed by atoms with van der Waals surface area (Å²) in [6, 6.07) is 13.9. The van der Waals surface area contributed by atoms with Crippen molar-refractivity contribution in [3.63, 3.8) is 0 Å². The first-order chi connectivity index (χ1) is 13.7. The van der Waals surface area contributed by atoms with Crippen molar-refractivity contribution in [2.45, 2.75) is 19.5 Å². The number of aromatic nitrogens is 3. The molecule has 0 unspecified atom stereocenters. The lowest BCUT2D eigenvalue weighted by Gasteiger charge is -2.15. The maximum Gasteiger partial charge on any atom is 0.159 e. The predicted octanol–water partition coefficient (Wildman–Crippen LogP) is 4.70. The zero-order valence-electron chi connectivity index (χ0n) is 15.2. The Kier molecular flexibility index (Phi) is 5.71. The monoisotopic (exact) mass is 455 g/mol. The van der Waals surface area contributed by atoms with Crippen LogP contribution >= 0.6 is 27.5 Å². The Bertz CT molecular complexity index is 1060. The Morgan fingerprint density at radius 2 is 2.04 bits per heavy atom. The van der Waals surface area contributed by atoms with Crippen LogP contribution in [0.15, 0.2) is 64.6 Å². The second kappa shape index (κ2) is 8.39. The molecule has 1 aliphatic heterocycles. The molecule has 1 N–H and O–H groups in total.